The van der Waals surface area contributed by atoms with Gasteiger partial charge in [-0.05, 0) is 91.4 Å². The van der Waals surface area contributed by atoms with Crippen LogP contribution in [0.1, 0.15) is 55.6 Å². The summed E-state index contributed by atoms with van der Waals surface area (Å²) in [5, 5.41) is 19.8. The summed E-state index contributed by atoms with van der Waals surface area (Å²) in [6.45, 7) is 9.08. The summed E-state index contributed by atoms with van der Waals surface area (Å²) in [5.74, 6) is -0.164. The van der Waals surface area contributed by atoms with Crippen LogP contribution in [0.15, 0.2) is 66.7 Å². The lowest BCUT2D eigenvalue weighted by molar-refractivity contribution is 0.0391. The summed E-state index contributed by atoms with van der Waals surface area (Å²) in [7, 11) is 1.92. The second kappa shape index (κ2) is 14.2. The van der Waals surface area contributed by atoms with E-state index in [4.69, 9.17) is 4.74 Å². The number of anilines is 1. The van der Waals surface area contributed by atoms with Crippen LogP contribution in [0.5, 0.6) is 5.75 Å². The summed E-state index contributed by atoms with van der Waals surface area (Å²) in [6.07, 6.45) is 0.294. The van der Waals surface area contributed by atoms with Gasteiger partial charge in [-0.15, -0.1) is 0 Å². The molecule has 1 aromatic heterocycles. The monoisotopic (exact) mass is 691 g/mol. The predicted molar refractivity (Wildman–Crippen MR) is 194 cm³/mol. The number of amides is 3. The Morgan fingerprint density at radius 1 is 0.882 bits per heavy atom. The minimum Gasteiger partial charge on any atom is -0.508 e. The number of nitrogens with zero attached hydrogens (tertiary/aromatic N) is 5. The standard InChI is InChI=1S/C40H45N5O6/c1-26-20-28-6-4-5-7-30(28)25-45(26)39(48)36-22-31-24-43(40(49)50)13-12-29(31)21-35(36)37-23-34(27(2)41(37)3)38(47)44(32-8-10-33(46)11-9-32)15-14-42-16-18-51-19-17-42/h4-11,21-23,26,46H,12-20,24-25H2,1-3H3,(H,49,50)/t26-/m1/s1. The molecule has 3 amide bonds. The first-order valence-electron chi connectivity index (χ1n) is 17.7. The molecule has 2 N–H and O–H groups in total. The number of rotatable bonds is 7. The van der Waals surface area contributed by atoms with E-state index in [1.807, 2.05) is 53.8 Å². The summed E-state index contributed by atoms with van der Waals surface area (Å²) in [4.78, 5) is 48.5. The molecule has 0 spiro atoms. The van der Waals surface area contributed by atoms with Crippen molar-refractivity contribution in [3.8, 4) is 17.0 Å². The number of morpholine rings is 1. The van der Waals surface area contributed by atoms with Gasteiger partial charge in [0.15, 0.2) is 0 Å². The van der Waals surface area contributed by atoms with Crippen molar-refractivity contribution >= 4 is 23.6 Å². The number of aromatic nitrogens is 1. The van der Waals surface area contributed by atoms with Crippen LogP contribution in [0.3, 0.4) is 0 Å². The molecule has 1 atom stereocenters. The van der Waals surface area contributed by atoms with Crippen LogP contribution < -0.4 is 4.90 Å². The molecular weight excluding hydrogens is 646 g/mol. The molecule has 51 heavy (non-hydrogen) atoms. The lowest BCUT2D eigenvalue weighted by Gasteiger charge is -2.36. The third-order valence-electron chi connectivity index (χ3n) is 10.8. The number of carbonyl (C=O) groups is 3. The first-order chi connectivity index (χ1) is 24.6. The predicted octanol–water partition coefficient (Wildman–Crippen LogP) is 5.31. The highest BCUT2D eigenvalue weighted by molar-refractivity contribution is 6.08. The summed E-state index contributed by atoms with van der Waals surface area (Å²) < 4.78 is 7.50. The molecule has 4 heterocycles. The third-order valence-corrected chi connectivity index (χ3v) is 10.8. The lowest BCUT2D eigenvalue weighted by atomic mass is 9.90. The van der Waals surface area contributed by atoms with Crippen molar-refractivity contribution in [2.75, 3.05) is 50.8 Å². The van der Waals surface area contributed by atoms with E-state index in [0.29, 0.717) is 62.6 Å². The molecule has 3 aromatic carbocycles. The Morgan fingerprint density at radius 3 is 2.33 bits per heavy atom. The maximum absolute atomic E-state index is 14.7. The van der Waals surface area contributed by atoms with Gasteiger partial charge in [0.25, 0.3) is 11.8 Å². The zero-order valence-electron chi connectivity index (χ0n) is 29.5. The van der Waals surface area contributed by atoms with Gasteiger partial charge in [0.1, 0.15) is 5.75 Å². The Morgan fingerprint density at radius 2 is 1.61 bits per heavy atom. The Balaban J connectivity index is 1.28. The molecule has 0 unspecified atom stereocenters. The van der Waals surface area contributed by atoms with E-state index >= 15 is 0 Å². The number of phenolic OH excluding ortho intramolecular Hbond substituents is 1. The van der Waals surface area contributed by atoms with Gasteiger partial charge < -0.3 is 34.2 Å². The van der Waals surface area contributed by atoms with Gasteiger partial charge in [0, 0.05) is 87.1 Å². The largest absolute Gasteiger partial charge is 0.508 e. The number of hydrogen-bond donors (Lipinski definition) is 2. The molecular formula is C40H45N5O6. The van der Waals surface area contributed by atoms with Crippen LogP contribution in [-0.4, -0.2) is 99.4 Å². The maximum atomic E-state index is 14.7. The molecule has 1 fully saturated rings. The molecule has 266 valence electrons. The number of benzene rings is 3. The highest BCUT2D eigenvalue weighted by Crippen LogP contribution is 2.36. The lowest BCUT2D eigenvalue weighted by Crippen LogP contribution is -2.43. The van der Waals surface area contributed by atoms with Crippen molar-refractivity contribution in [2.24, 2.45) is 7.05 Å². The number of aromatic hydroxyl groups is 1. The third kappa shape index (κ3) is 6.83. The van der Waals surface area contributed by atoms with Gasteiger partial charge in [0.05, 0.1) is 18.8 Å². The second-order valence-corrected chi connectivity index (χ2v) is 13.9. The SMILES string of the molecule is Cc1c(C(=O)N(CCN2CCOCC2)c2ccc(O)cc2)cc(-c2cc3c(cc2C(=O)N2Cc4ccccc4C[C@H]2C)CN(C(=O)O)CC3)n1C. The van der Waals surface area contributed by atoms with Crippen molar-refractivity contribution in [3.05, 3.63) is 106 Å². The van der Waals surface area contributed by atoms with Crippen molar-refractivity contribution in [3.63, 3.8) is 0 Å². The Labute approximate surface area is 298 Å². The van der Waals surface area contributed by atoms with Crippen LogP contribution in [0.25, 0.3) is 11.3 Å². The maximum Gasteiger partial charge on any atom is 0.407 e. The molecule has 0 saturated carbocycles. The molecule has 7 rings (SSSR count). The fraction of sp³-hybridized carbons (Fsp3) is 0.375. The topological polar surface area (TPSA) is 119 Å². The van der Waals surface area contributed by atoms with E-state index in [0.717, 1.165) is 53.2 Å². The first-order valence-corrected chi connectivity index (χ1v) is 17.7. The summed E-state index contributed by atoms with van der Waals surface area (Å²) in [6, 6.07) is 20.7. The normalized spacial score (nSPS) is 17.5. The number of carbonyl (C=O) groups excluding carboxylic acids is 2. The highest BCUT2D eigenvalue weighted by atomic mass is 16.5. The molecule has 3 aliphatic rings. The van der Waals surface area contributed by atoms with Crippen molar-refractivity contribution in [1.82, 2.24) is 19.3 Å². The molecule has 0 radical (unpaired) electrons. The Bertz CT molecular complexity index is 1960. The smallest absolute Gasteiger partial charge is 0.407 e. The number of ether oxygens (including phenoxy) is 1. The van der Waals surface area contributed by atoms with Crippen LogP contribution in [0.4, 0.5) is 10.5 Å². The fourth-order valence-electron chi connectivity index (χ4n) is 7.63. The quantitative estimate of drug-likeness (QED) is 0.270. The van der Waals surface area contributed by atoms with E-state index in [2.05, 4.69) is 24.0 Å². The molecule has 0 bridgehead atoms. The van der Waals surface area contributed by atoms with Gasteiger partial charge in [-0.1, -0.05) is 24.3 Å². The molecule has 11 nitrogen and oxygen atoms in total. The minimum absolute atomic E-state index is 0.0376. The van der Waals surface area contributed by atoms with Crippen LogP contribution in [0, 0.1) is 6.92 Å². The highest BCUT2D eigenvalue weighted by Gasteiger charge is 2.32. The van der Waals surface area contributed by atoms with E-state index in [1.54, 1.807) is 29.2 Å². The van der Waals surface area contributed by atoms with Crippen molar-refractivity contribution in [2.45, 2.75) is 45.8 Å². The fourth-order valence-corrected chi connectivity index (χ4v) is 7.63. The average molecular weight is 692 g/mol. The number of hydrogen-bond acceptors (Lipinski definition) is 6. The Kier molecular flexibility index (Phi) is 9.58. The van der Waals surface area contributed by atoms with E-state index in [9.17, 15) is 24.6 Å². The van der Waals surface area contributed by atoms with Gasteiger partial charge in [0.2, 0.25) is 0 Å². The summed E-state index contributed by atoms with van der Waals surface area (Å²) >= 11 is 0. The van der Waals surface area contributed by atoms with Crippen molar-refractivity contribution < 1.29 is 29.3 Å². The van der Waals surface area contributed by atoms with Gasteiger partial charge in [-0.25, -0.2) is 4.79 Å². The van der Waals surface area contributed by atoms with Crippen LogP contribution in [0.2, 0.25) is 0 Å². The number of fused-ring (bicyclic) bond motifs is 2. The minimum atomic E-state index is -0.980. The van der Waals surface area contributed by atoms with Crippen molar-refractivity contribution in [1.29, 1.82) is 0 Å². The zero-order valence-corrected chi connectivity index (χ0v) is 29.5. The zero-order chi connectivity index (χ0) is 35.8. The molecule has 4 aromatic rings. The second-order valence-electron chi connectivity index (χ2n) is 13.9. The first kappa shape index (κ1) is 34.3. The van der Waals surface area contributed by atoms with E-state index < -0.39 is 6.09 Å². The molecule has 11 heteroatoms. The Hall–Kier alpha value is -5.13. The average Bonchev–Trinajstić information content (AvgIpc) is 3.44. The number of phenols is 1. The van der Waals surface area contributed by atoms with E-state index in [1.165, 1.54) is 10.5 Å². The van der Waals surface area contributed by atoms with Gasteiger partial charge in [-0.3, -0.25) is 14.5 Å². The van der Waals surface area contributed by atoms with Crippen LogP contribution >= 0.6 is 0 Å². The molecule has 3 aliphatic heterocycles. The van der Waals surface area contributed by atoms with Gasteiger partial charge in [-0.2, -0.15) is 0 Å². The van der Waals surface area contributed by atoms with Crippen LogP contribution in [-0.2, 0) is 37.7 Å². The summed E-state index contributed by atoms with van der Waals surface area (Å²) in [5.41, 5.74) is 8.12. The number of carboxylic acid groups (broad SMARTS) is 1. The molecule has 0 aliphatic carbocycles. The van der Waals surface area contributed by atoms with E-state index in [-0.39, 0.29) is 30.2 Å². The van der Waals surface area contributed by atoms with Gasteiger partial charge >= 0.3 is 6.09 Å². The molecule has 1 saturated heterocycles.